The van der Waals surface area contributed by atoms with Crippen LogP contribution in [0.3, 0.4) is 0 Å². The Balaban J connectivity index is 1.60. The van der Waals surface area contributed by atoms with Crippen molar-refractivity contribution in [3.8, 4) is 5.88 Å². The zero-order valence-corrected chi connectivity index (χ0v) is 12.3. The summed E-state index contributed by atoms with van der Waals surface area (Å²) in [7, 11) is 0. The Morgan fingerprint density at radius 3 is 2.70 bits per heavy atom. The molecule has 0 aromatic carbocycles. The van der Waals surface area contributed by atoms with Gasteiger partial charge in [-0.25, -0.2) is 0 Å². The number of ether oxygens (including phenoxy) is 1. The third kappa shape index (κ3) is 3.78. The first-order chi connectivity index (χ1) is 9.74. The lowest BCUT2D eigenvalue weighted by atomic mass is 10.1. The zero-order valence-electron chi connectivity index (χ0n) is 12.3. The summed E-state index contributed by atoms with van der Waals surface area (Å²) in [5, 5.41) is 3.52. The fourth-order valence-electron chi connectivity index (χ4n) is 2.42. The molecular weight excluding hydrogens is 250 g/mol. The second-order valence-electron chi connectivity index (χ2n) is 6.27. The van der Waals surface area contributed by atoms with E-state index in [0.29, 0.717) is 23.5 Å². The van der Waals surface area contributed by atoms with E-state index in [4.69, 9.17) is 10.5 Å². The number of hydrogen-bond donors (Lipinski definition) is 2. The predicted octanol–water partition coefficient (Wildman–Crippen LogP) is 3.44. The average Bonchev–Trinajstić information content (AvgIpc) is 3.33. The Bertz CT molecular complexity index is 455. The summed E-state index contributed by atoms with van der Waals surface area (Å²) in [5.74, 6) is 3.11. The summed E-state index contributed by atoms with van der Waals surface area (Å²) in [5.41, 5.74) is 6.57. The van der Waals surface area contributed by atoms with E-state index in [2.05, 4.69) is 17.2 Å². The van der Waals surface area contributed by atoms with Crippen LogP contribution in [0.15, 0.2) is 12.1 Å². The molecule has 0 amide bonds. The zero-order chi connectivity index (χ0) is 13.9. The van der Waals surface area contributed by atoms with Crippen LogP contribution in [0.1, 0.15) is 45.4 Å². The van der Waals surface area contributed by atoms with E-state index < -0.39 is 0 Å². The smallest absolute Gasteiger partial charge is 0.239 e. The van der Waals surface area contributed by atoms with Gasteiger partial charge < -0.3 is 15.8 Å². The van der Waals surface area contributed by atoms with Crippen LogP contribution in [0.2, 0.25) is 0 Å². The van der Waals surface area contributed by atoms with E-state index >= 15 is 0 Å². The van der Waals surface area contributed by atoms with Crippen LogP contribution in [0.4, 0.5) is 11.5 Å². The summed E-state index contributed by atoms with van der Waals surface area (Å²) < 4.78 is 5.73. The van der Waals surface area contributed by atoms with Gasteiger partial charge in [0, 0.05) is 6.04 Å². The molecule has 110 valence electrons. The second-order valence-corrected chi connectivity index (χ2v) is 6.27. The van der Waals surface area contributed by atoms with Crippen molar-refractivity contribution >= 4 is 11.5 Å². The number of nitrogens with two attached hydrogens (primary N) is 1. The molecule has 0 spiro atoms. The van der Waals surface area contributed by atoms with Crippen LogP contribution >= 0.6 is 0 Å². The maximum absolute atomic E-state index is 5.93. The molecule has 1 unspecified atom stereocenters. The van der Waals surface area contributed by atoms with Gasteiger partial charge in [0.25, 0.3) is 0 Å². The van der Waals surface area contributed by atoms with Gasteiger partial charge in [0.1, 0.15) is 5.82 Å². The van der Waals surface area contributed by atoms with Gasteiger partial charge in [-0.3, -0.25) is 0 Å². The van der Waals surface area contributed by atoms with E-state index in [0.717, 1.165) is 24.8 Å². The van der Waals surface area contributed by atoms with Crippen LogP contribution in [-0.2, 0) is 0 Å². The topological polar surface area (TPSA) is 60.2 Å². The van der Waals surface area contributed by atoms with Crippen LogP contribution in [0, 0.1) is 11.8 Å². The van der Waals surface area contributed by atoms with E-state index in [9.17, 15) is 0 Å². The normalized spacial score (nSPS) is 19.6. The maximum Gasteiger partial charge on any atom is 0.239 e. The largest absolute Gasteiger partial charge is 0.476 e. The van der Waals surface area contributed by atoms with Crippen molar-refractivity contribution in [1.29, 1.82) is 0 Å². The minimum absolute atomic E-state index is 0.509. The van der Waals surface area contributed by atoms with Gasteiger partial charge in [0.15, 0.2) is 0 Å². The van der Waals surface area contributed by atoms with Crippen LogP contribution in [0.25, 0.3) is 0 Å². The number of pyridine rings is 1. The fourth-order valence-corrected chi connectivity index (χ4v) is 2.42. The van der Waals surface area contributed by atoms with Gasteiger partial charge in [0.05, 0.1) is 12.3 Å². The third-order valence-corrected chi connectivity index (χ3v) is 4.20. The monoisotopic (exact) mass is 275 g/mol. The number of nitrogen functional groups attached to an aromatic ring is 1. The molecule has 3 rings (SSSR count). The Morgan fingerprint density at radius 1 is 1.30 bits per heavy atom. The molecule has 1 atom stereocenters. The van der Waals surface area contributed by atoms with Crippen LogP contribution in [-0.4, -0.2) is 17.6 Å². The third-order valence-electron chi connectivity index (χ3n) is 4.20. The molecule has 1 aromatic heterocycles. The molecule has 3 N–H and O–H groups in total. The number of rotatable bonds is 8. The molecule has 20 heavy (non-hydrogen) atoms. The summed E-state index contributed by atoms with van der Waals surface area (Å²) in [4.78, 5) is 4.53. The van der Waals surface area contributed by atoms with E-state index in [1.165, 1.54) is 32.1 Å². The van der Waals surface area contributed by atoms with Gasteiger partial charge in [-0.1, -0.05) is 19.8 Å². The lowest BCUT2D eigenvalue weighted by molar-refractivity contribution is 0.290. The van der Waals surface area contributed by atoms with Gasteiger partial charge in [0.2, 0.25) is 5.88 Å². The van der Waals surface area contributed by atoms with E-state index in [1.54, 1.807) is 0 Å². The van der Waals surface area contributed by atoms with Crippen molar-refractivity contribution in [3.63, 3.8) is 0 Å². The minimum atomic E-state index is 0.509. The second kappa shape index (κ2) is 5.90. The molecule has 0 saturated heterocycles. The molecule has 2 saturated carbocycles. The van der Waals surface area contributed by atoms with Crippen molar-refractivity contribution < 1.29 is 4.74 Å². The van der Waals surface area contributed by atoms with E-state index in [1.807, 2.05) is 12.1 Å². The average molecular weight is 275 g/mol. The molecule has 1 aromatic rings. The van der Waals surface area contributed by atoms with Gasteiger partial charge in [-0.15, -0.1) is 0 Å². The van der Waals surface area contributed by atoms with Crippen LogP contribution < -0.4 is 15.8 Å². The Labute approximate surface area is 121 Å². The lowest BCUT2D eigenvalue weighted by Gasteiger charge is -2.18. The van der Waals surface area contributed by atoms with Crippen molar-refractivity contribution in [3.05, 3.63) is 12.1 Å². The molecule has 2 aliphatic carbocycles. The molecule has 0 radical (unpaired) electrons. The summed E-state index contributed by atoms with van der Waals surface area (Å²) in [6.45, 7) is 2.97. The first-order valence-electron chi connectivity index (χ1n) is 7.90. The first kappa shape index (κ1) is 13.5. The highest BCUT2D eigenvalue weighted by Gasteiger charge is 2.25. The Morgan fingerprint density at radius 2 is 2.05 bits per heavy atom. The number of nitrogens with zero attached hydrogens (tertiary/aromatic N) is 1. The molecule has 4 heteroatoms. The Hall–Kier alpha value is -1.45. The van der Waals surface area contributed by atoms with Gasteiger partial charge >= 0.3 is 0 Å². The molecule has 2 aliphatic rings. The number of anilines is 2. The fraction of sp³-hybridized carbons (Fsp3) is 0.688. The van der Waals surface area contributed by atoms with Crippen molar-refractivity contribution in [2.24, 2.45) is 11.8 Å². The predicted molar refractivity (Wildman–Crippen MR) is 81.9 cm³/mol. The highest BCUT2D eigenvalue weighted by Crippen LogP contribution is 2.35. The highest BCUT2D eigenvalue weighted by atomic mass is 16.5. The number of aromatic nitrogens is 1. The standard InChI is InChI=1S/C16H25N3O/c1-2-13(9-11-3-4-11)18-15-8-7-14(17)16(19-15)20-10-12-5-6-12/h7-8,11-13H,2-6,9-10,17H2,1H3,(H,18,19). The molecule has 1 heterocycles. The van der Waals surface area contributed by atoms with Crippen molar-refractivity contribution in [1.82, 2.24) is 4.98 Å². The van der Waals surface area contributed by atoms with Gasteiger partial charge in [-0.2, -0.15) is 4.98 Å². The molecule has 2 fully saturated rings. The quantitative estimate of drug-likeness (QED) is 0.763. The van der Waals surface area contributed by atoms with Crippen molar-refractivity contribution in [2.75, 3.05) is 17.7 Å². The minimum Gasteiger partial charge on any atom is -0.476 e. The lowest BCUT2D eigenvalue weighted by Crippen LogP contribution is -2.20. The number of nitrogens with one attached hydrogen (secondary N) is 1. The molecule has 4 nitrogen and oxygen atoms in total. The SMILES string of the molecule is CCC(CC1CC1)Nc1ccc(N)c(OCC2CC2)n1. The van der Waals surface area contributed by atoms with E-state index in [-0.39, 0.29) is 0 Å². The molecule has 0 aliphatic heterocycles. The van der Waals surface area contributed by atoms with Gasteiger partial charge in [-0.05, 0) is 49.7 Å². The summed E-state index contributed by atoms with van der Waals surface area (Å²) in [6, 6.07) is 4.35. The summed E-state index contributed by atoms with van der Waals surface area (Å²) in [6.07, 6.45) is 7.71. The highest BCUT2D eigenvalue weighted by molar-refractivity contribution is 5.53. The molecule has 0 bridgehead atoms. The Kier molecular flexibility index (Phi) is 3.99. The summed E-state index contributed by atoms with van der Waals surface area (Å²) >= 11 is 0. The number of hydrogen-bond acceptors (Lipinski definition) is 4. The first-order valence-corrected chi connectivity index (χ1v) is 7.90. The van der Waals surface area contributed by atoms with Crippen molar-refractivity contribution in [2.45, 2.75) is 51.5 Å². The maximum atomic E-state index is 5.93. The van der Waals surface area contributed by atoms with Crippen LogP contribution in [0.5, 0.6) is 5.88 Å². The molecular formula is C16H25N3O.